The Labute approximate surface area is 172 Å². The minimum Gasteiger partial charge on any atom is -0.379 e. The van der Waals surface area contributed by atoms with E-state index in [4.69, 9.17) is 11.6 Å². The van der Waals surface area contributed by atoms with Crippen molar-refractivity contribution in [2.75, 3.05) is 21.6 Å². The van der Waals surface area contributed by atoms with E-state index in [1.807, 2.05) is 0 Å². The van der Waals surface area contributed by atoms with Crippen LogP contribution in [0.25, 0.3) is 5.65 Å². The van der Waals surface area contributed by atoms with Crippen molar-refractivity contribution in [3.05, 3.63) is 40.7 Å². The molecule has 2 heterocycles. The second-order valence-corrected chi connectivity index (χ2v) is 9.15. The third-order valence-corrected chi connectivity index (χ3v) is 5.29. The van der Waals surface area contributed by atoms with Crippen LogP contribution in [0.5, 0.6) is 0 Å². The second kappa shape index (κ2) is 7.09. The van der Waals surface area contributed by atoms with Crippen molar-refractivity contribution in [2.24, 2.45) is 0 Å². The summed E-state index contributed by atoms with van der Waals surface area (Å²) in [6, 6.07) is 7.52. The third kappa shape index (κ3) is 4.21. The molecule has 1 aromatic carbocycles. The van der Waals surface area contributed by atoms with Crippen LogP contribution < -0.4 is 15.4 Å². The Kier molecular flexibility index (Phi) is 4.72. The van der Waals surface area contributed by atoms with Gasteiger partial charge in [-0.15, -0.1) is 5.10 Å². The Morgan fingerprint density at radius 2 is 2.00 bits per heavy atom. The SMILES string of the molecule is Cc1cc(Cl)c(Nc2cc(NC3CC3)c3ncc(C#N)n3n2)cc1NS(C)(=O)=O. The molecule has 1 fully saturated rings. The molecule has 0 amide bonds. The predicted molar refractivity (Wildman–Crippen MR) is 112 cm³/mol. The average molecular weight is 432 g/mol. The molecule has 0 saturated heterocycles. The highest BCUT2D eigenvalue weighted by Crippen LogP contribution is 2.33. The van der Waals surface area contributed by atoms with Crippen LogP contribution >= 0.6 is 11.6 Å². The maximum absolute atomic E-state index is 11.6. The first-order valence-corrected chi connectivity index (χ1v) is 11.1. The summed E-state index contributed by atoms with van der Waals surface area (Å²) in [5.41, 5.74) is 3.20. The first-order valence-electron chi connectivity index (χ1n) is 8.84. The number of nitrogens with one attached hydrogen (secondary N) is 3. The van der Waals surface area contributed by atoms with E-state index in [1.165, 1.54) is 10.7 Å². The van der Waals surface area contributed by atoms with E-state index < -0.39 is 10.0 Å². The van der Waals surface area contributed by atoms with Crippen LogP contribution in [0.2, 0.25) is 5.02 Å². The number of nitrogens with zero attached hydrogens (tertiary/aromatic N) is 4. The Morgan fingerprint density at radius 1 is 1.24 bits per heavy atom. The maximum Gasteiger partial charge on any atom is 0.229 e. The van der Waals surface area contributed by atoms with E-state index in [-0.39, 0.29) is 0 Å². The second-order valence-electron chi connectivity index (χ2n) is 7.00. The van der Waals surface area contributed by atoms with Crippen LogP contribution in [0.1, 0.15) is 24.1 Å². The molecule has 1 aliphatic rings. The van der Waals surface area contributed by atoms with Gasteiger partial charge in [0.25, 0.3) is 0 Å². The average Bonchev–Trinajstić information content (AvgIpc) is 3.34. The third-order valence-electron chi connectivity index (χ3n) is 4.39. The first kappa shape index (κ1) is 19.3. The van der Waals surface area contributed by atoms with Crippen LogP contribution in [0, 0.1) is 18.3 Å². The van der Waals surface area contributed by atoms with Crippen molar-refractivity contribution in [1.29, 1.82) is 5.26 Å². The number of aromatic nitrogens is 3. The van der Waals surface area contributed by atoms with Gasteiger partial charge in [-0.2, -0.15) is 9.78 Å². The van der Waals surface area contributed by atoms with Gasteiger partial charge in [-0.1, -0.05) is 11.6 Å². The zero-order valence-electron chi connectivity index (χ0n) is 15.7. The standard InChI is InChI=1S/C18H18ClN7O2S/c1-10-5-13(19)15(6-14(10)25-29(2,27)28)23-17-7-16(22-11-3-4-11)18-21-9-12(8-20)26(18)24-17/h5-7,9,11,22,25H,3-4H2,1-2H3,(H,23,24). The summed E-state index contributed by atoms with van der Waals surface area (Å²) < 4.78 is 27.2. The molecule has 0 unspecified atom stereocenters. The molecule has 29 heavy (non-hydrogen) atoms. The Morgan fingerprint density at radius 3 is 2.66 bits per heavy atom. The van der Waals surface area contributed by atoms with Gasteiger partial charge in [0.15, 0.2) is 17.2 Å². The molecule has 3 N–H and O–H groups in total. The number of aryl methyl sites for hydroxylation is 1. The molecule has 1 aliphatic carbocycles. The number of halogens is 1. The molecule has 0 spiro atoms. The normalized spacial score (nSPS) is 13.9. The lowest BCUT2D eigenvalue weighted by Crippen LogP contribution is -2.11. The molecule has 0 bridgehead atoms. The van der Waals surface area contributed by atoms with Gasteiger partial charge in [0.2, 0.25) is 10.0 Å². The lowest BCUT2D eigenvalue weighted by molar-refractivity contribution is 0.607. The molecule has 3 aromatic rings. The number of fused-ring (bicyclic) bond motifs is 1. The molecule has 0 radical (unpaired) electrons. The summed E-state index contributed by atoms with van der Waals surface area (Å²) in [6.45, 7) is 1.76. The zero-order chi connectivity index (χ0) is 20.8. The topological polar surface area (TPSA) is 124 Å². The number of hydrogen-bond donors (Lipinski definition) is 3. The minimum absolute atomic E-state index is 0.303. The van der Waals surface area contributed by atoms with E-state index >= 15 is 0 Å². The van der Waals surface area contributed by atoms with Gasteiger partial charge < -0.3 is 10.6 Å². The molecule has 2 aromatic heterocycles. The molecule has 4 rings (SSSR count). The fourth-order valence-corrected chi connectivity index (χ4v) is 3.76. The van der Waals surface area contributed by atoms with E-state index in [1.54, 1.807) is 25.1 Å². The summed E-state index contributed by atoms with van der Waals surface area (Å²) in [6.07, 6.45) is 4.71. The highest BCUT2D eigenvalue weighted by atomic mass is 35.5. The zero-order valence-corrected chi connectivity index (χ0v) is 17.3. The fraction of sp³-hybridized carbons (Fsp3) is 0.278. The Balaban J connectivity index is 1.75. The van der Waals surface area contributed by atoms with Gasteiger partial charge in [-0.05, 0) is 37.5 Å². The van der Waals surface area contributed by atoms with Gasteiger partial charge in [-0.3, -0.25) is 4.72 Å². The summed E-state index contributed by atoms with van der Waals surface area (Å²) in [4.78, 5) is 4.29. The van der Waals surface area contributed by atoms with Crippen molar-refractivity contribution in [3.63, 3.8) is 0 Å². The molecule has 0 atom stereocenters. The molecular formula is C18H18ClN7O2S. The molecule has 1 saturated carbocycles. The molecule has 150 valence electrons. The Bertz CT molecular complexity index is 1260. The lowest BCUT2D eigenvalue weighted by atomic mass is 10.2. The molecule has 11 heteroatoms. The maximum atomic E-state index is 11.6. The summed E-state index contributed by atoms with van der Waals surface area (Å²) in [5.74, 6) is 0.436. The smallest absolute Gasteiger partial charge is 0.229 e. The Hall–Kier alpha value is -3.03. The van der Waals surface area contributed by atoms with E-state index in [0.717, 1.165) is 24.8 Å². The van der Waals surface area contributed by atoms with Crippen molar-refractivity contribution < 1.29 is 8.42 Å². The number of rotatable bonds is 6. The summed E-state index contributed by atoms with van der Waals surface area (Å²) in [5, 5.41) is 20.7. The first-order chi connectivity index (χ1) is 13.7. The van der Waals surface area contributed by atoms with Gasteiger partial charge in [0, 0.05) is 12.1 Å². The van der Waals surface area contributed by atoms with Crippen LogP contribution in [-0.4, -0.2) is 35.3 Å². The van der Waals surface area contributed by atoms with Crippen molar-refractivity contribution in [2.45, 2.75) is 25.8 Å². The summed E-state index contributed by atoms with van der Waals surface area (Å²) in [7, 11) is -3.44. The van der Waals surface area contributed by atoms with Crippen molar-refractivity contribution in [1.82, 2.24) is 14.6 Å². The lowest BCUT2D eigenvalue weighted by Gasteiger charge is -2.15. The number of anilines is 4. The molecule has 0 aliphatic heterocycles. The molecule has 9 nitrogen and oxygen atoms in total. The van der Waals surface area contributed by atoms with E-state index in [0.29, 0.717) is 45.2 Å². The number of nitriles is 1. The quantitative estimate of drug-likeness (QED) is 0.547. The van der Waals surface area contributed by atoms with Crippen molar-refractivity contribution in [3.8, 4) is 6.07 Å². The number of sulfonamides is 1. The van der Waals surface area contributed by atoms with Crippen LogP contribution in [0.4, 0.5) is 22.9 Å². The van der Waals surface area contributed by atoms with Gasteiger partial charge in [-0.25, -0.2) is 13.4 Å². The van der Waals surface area contributed by atoms with E-state index in [9.17, 15) is 13.7 Å². The van der Waals surface area contributed by atoms with Crippen LogP contribution in [0.3, 0.4) is 0 Å². The fourth-order valence-electron chi connectivity index (χ4n) is 2.88. The number of imidazole rings is 1. The predicted octanol–water partition coefficient (Wildman–Crippen LogP) is 3.25. The van der Waals surface area contributed by atoms with Crippen molar-refractivity contribution >= 4 is 50.2 Å². The molecular weight excluding hydrogens is 414 g/mol. The van der Waals surface area contributed by atoms with Gasteiger partial charge in [0.1, 0.15) is 6.07 Å². The number of hydrogen-bond acceptors (Lipinski definition) is 7. The van der Waals surface area contributed by atoms with Crippen LogP contribution in [0.15, 0.2) is 24.4 Å². The largest absolute Gasteiger partial charge is 0.379 e. The number of benzene rings is 1. The van der Waals surface area contributed by atoms with Crippen LogP contribution in [-0.2, 0) is 10.0 Å². The van der Waals surface area contributed by atoms with Gasteiger partial charge >= 0.3 is 0 Å². The summed E-state index contributed by atoms with van der Waals surface area (Å²) >= 11 is 6.36. The van der Waals surface area contributed by atoms with E-state index in [2.05, 4.69) is 31.5 Å². The minimum atomic E-state index is -3.44. The highest BCUT2D eigenvalue weighted by molar-refractivity contribution is 7.92. The van der Waals surface area contributed by atoms with Gasteiger partial charge in [0.05, 0.1) is 34.5 Å². The monoisotopic (exact) mass is 431 g/mol. The highest BCUT2D eigenvalue weighted by Gasteiger charge is 2.23.